The van der Waals surface area contributed by atoms with Crippen molar-refractivity contribution in [3.05, 3.63) is 58.3 Å². The Balaban J connectivity index is 1.34. The second kappa shape index (κ2) is 9.12. The fraction of sp³-hybridized carbons (Fsp3) is 0.400. The number of hydrogen-bond donors (Lipinski definition) is 2. The Morgan fingerprint density at radius 3 is 2.44 bits per heavy atom. The number of amides is 2. The van der Waals surface area contributed by atoms with Crippen molar-refractivity contribution in [3.63, 3.8) is 0 Å². The van der Waals surface area contributed by atoms with Gasteiger partial charge in [-0.1, -0.05) is 6.07 Å². The van der Waals surface area contributed by atoms with E-state index in [0.717, 1.165) is 24.2 Å². The lowest BCUT2D eigenvalue weighted by atomic mass is 10.1. The van der Waals surface area contributed by atoms with E-state index in [1.54, 1.807) is 11.0 Å². The molecular weight excluding hydrogens is 475 g/mol. The molecule has 0 atom stereocenters. The molecule has 0 radical (unpaired) electrons. The van der Waals surface area contributed by atoms with Gasteiger partial charge in [-0.15, -0.1) is 0 Å². The van der Waals surface area contributed by atoms with Crippen molar-refractivity contribution in [2.24, 2.45) is 0 Å². The molecule has 1 saturated heterocycles. The van der Waals surface area contributed by atoms with E-state index in [4.69, 9.17) is 0 Å². The summed E-state index contributed by atoms with van der Waals surface area (Å²) >= 11 is 0. The second-order valence-corrected chi connectivity index (χ2v) is 9.44. The summed E-state index contributed by atoms with van der Waals surface area (Å²) in [5.41, 5.74) is 2.89. The highest BCUT2D eigenvalue weighted by atomic mass is 19.4. The number of carbonyl (C=O) groups is 2. The number of H-pyrrole nitrogens is 1. The summed E-state index contributed by atoms with van der Waals surface area (Å²) in [6.07, 6.45) is -5.69. The number of halogens is 3. The molecule has 0 aliphatic carbocycles. The maximum Gasteiger partial charge on any atom is 0.389 e. The van der Waals surface area contributed by atoms with Crippen LogP contribution in [0, 0.1) is 0 Å². The summed E-state index contributed by atoms with van der Waals surface area (Å²) < 4.78 is 38.1. The zero-order chi connectivity index (χ0) is 25.6. The van der Waals surface area contributed by atoms with Crippen LogP contribution >= 0.6 is 0 Å². The fourth-order valence-corrected chi connectivity index (χ4v) is 4.76. The van der Waals surface area contributed by atoms with Crippen molar-refractivity contribution in [2.75, 3.05) is 33.2 Å². The summed E-state index contributed by atoms with van der Waals surface area (Å²) in [5, 5.41) is 17.4. The second-order valence-electron chi connectivity index (χ2n) is 9.44. The van der Waals surface area contributed by atoms with Crippen LogP contribution in [0.3, 0.4) is 0 Å². The Hall–Kier alpha value is -3.60. The lowest BCUT2D eigenvalue weighted by molar-refractivity contribution is -0.134. The van der Waals surface area contributed by atoms with Gasteiger partial charge in [0.05, 0.1) is 16.8 Å². The largest absolute Gasteiger partial charge is 0.507 e. The van der Waals surface area contributed by atoms with E-state index in [1.165, 1.54) is 12.1 Å². The van der Waals surface area contributed by atoms with Gasteiger partial charge in [0, 0.05) is 69.1 Å². The first-order chi connectivity index (χ1) is 17.1. The highest BCUT2D eigenvalue weighted by molar-refractivity contribution is 6.01. The molecule has 8 nitrogen and oxygen atoms in total. The van der Waals surface area contributed by atoms with E-state index in [1.807, 2.05) is 24.1 Å². The van der Waals surface area contributed by atoms with Crippen molar-refractivity contribution in [2.45, 2.75) is 32.1 Å². The summed E-state index contributed by atoms with van der Waals surface area (Å²) in [4.78, 5) is 31.8. The van der Waals surface area contributed by atoms with Gasteiger partial charge in [0.1, 0.15) is 5.75 Å². The lowest BCUT2D eigenvalue weighted by Crippen LogP contribution is -2.47. The Kier molecular flexibility index (Phi) is 6.11. The average molecular weight is 502 g/mol. The number of piperazine rings is 1. The van der Waals surface area contributed by atoms with Crippen LogP contribution in [0.4, 0.5) is 13.2 Å². The third kappa shape index (κ3) is 4.75. The molecule has 3 aromatic rings. The van der Waals surface area contributed by atoms with Gasteiger partial charge in [0.15, 0.2) is 0 Å². The molecule has 2 amide bonds. The van der Waals surface area contributed by atoms with Crippen LogP contribution < -0.4 is 0 Å². The van der Waals surface area contributed by atoms with E-state index in [2.05, 4.69) is 15.1 Å². The number of rotatable bonds is 4. The standard InChI is InChI=1S/C25H26F3N5O3/c1-31-6-8-32(9-7-31)23(35)15-2-3-16-13-33(14-17(16)10-15)24(36)19-11-18-20(4-5-25(26,27)28)29-30-21(18)12-22(19)34/h2-3,10-12,34H,4-9,13-14H2,1H3,(H,29,30). The quantitative estimate of drug-likeness (QED) is 0.572. The first-order valence-corrected chi connectivity index (χ1v) is 11.7. The maximum atomic E-state index is 13.3. The lowest BCUT2D eigenvalue weighted by Gasteiger charge is -2.32. The zero-order valence-corrected chi connectivity index (χ0v) is 19.7. The predicted octanol–water partition coefficient (Wildman–Crippen LogP) is 3.31. The number of phenolic OH excluding ortho intramolecular Hbond substituents is 1. The minimum atomic E-state index is -4.33. The number of nitrogens with zero attached hydrogens (tertiary/aromatic N) is 4. The number of aryl methyl sites for hydroxylation is 1. The molecule has 0 spiro atoms. The third-order valence-corrected chi connectivity index (χ3v) is 6.89. The maximum absolute atomic E-state index is 13.3. The molecule has 190 valence electrons. The third-order valence-electron chi connectivity index (χ3n) is 6.89. The van der Waals surface area contributed by atoms with Gasteiger partial charge in [-0.05, 0) is 36.4 Å². The Labute approximate surface area is 205 Å². The van der Waals surface area contributed by atoms with E-state index in [0.29, 0.717) is 36.1 Å². The van der Waals surface area contributed by atoms with Crippen molar-refractivity contribution < 1.29 is 27.9 Å². The zero-order valence-electron chi connectivity index (χ0n) is 19.7. The number of aromatic amines is 1. The van der Waals surface area contributed by atoms with Crippen LogP contribution in [0.25, 0.3) is 10.9 Å². The topological polar surface area (TPSA) is 92.8 Å². The molecule has 1 aromatic heterocycles. The number of fused-ring (bicyclic) bond motifs is 2. The number of aromatic nitrogens is 2. The molecule has 5 rings (SSSR count). The van der Waals surface area contributed by atoms with Crippen LogP contribution in [-0.4, -0.2) is 81.2 Å². The molecule has 0 saturated carbocycles. The van der Waals surface area contributed by atoms with Crippen molar-refractivity contribution >= 4 is 22.7 Å². The number of aromatic hydroxyl groups is 1. The van der Waals surface area contributed by atoms with Gasteiger partial charge in [-0.25, -0.2) is 0 Å². The Morgan fingerprint density at radius 2 is 1.72 bits per heavy atom. The summed E-state index contributed by atoms with van der Waals surface area (Å²) in [7, 11) is 2.02. The monoisotopic (exact) mass is 501 g/mol. The fourth-order valence-electron chi connectivity index (χ4n) is 4.76. The van der Waals surface area contributed by atoms with Crippen LogP contribution in [0.15, 0.2) is 30.3 Å². The molecule has 2 aliphatic rings. The molecule has 36 heavy (non-hydrogen) atoms. The van der Waals surface area contributed by atoms with Gasteiger partial charge in [-0.2, -0.15) is 18.3 Å². The number of likely N-dealkylation sites (N-methyl/N-ethyl adjacent to an activating group) is 1. The number of carbonyl (C=O) groups excluding carboxylic acids is 2. The Bertz CT molecular complexity index is 1330. The highest BCUT2D eigenvalue weighted by Crippen LogP contribution is 2.32. The first-order valence-electron chi connectivity index (χ1n) is 11.7. The van der Waals surface area contributed by atoms with E-state index >= 15 is 0 Å². The van der Waals surface area contributed by atoms with Crippen LogP contribution in [0.5, 0.6) is 5.75 Å². The number of benzene rings is 2. The Morgan fingerprint density at radius 1 is 1.00 bits per heavy atom. The number of phenols is 1. The van der Waals surface area contributed by atoms with Crippen LogP contribution in [0.1, 0.15) is 44.0 Å². The number of nitrogens with one attached hydrogen (secondary N) is 1. The summed E-state index contributed by atoms with van der Waals surface area (Å²) in [6.45, 7) is 3.54. The minimum absolute atomic E-state index is 0.00120. The van der Waals surface area contributed by atoms with Gasteiger partial charge >= 0.3 is 6.18 Å². The summed E-state index contributed by atoms with van der Waals surface area (Å²) in [6, 6.07) is 8.14. The average Bonchev–Trinajstić information content (AvgIpc) is 3.44. The molecule has 0 unspecified atom stereocenters. The molecular formula is C25H26F3N5O3. The molecule has 2 aromatic carbocycles. The van der Waals surface area contributed by atoms with Gasteiger partial charge in [-0.3, -0.25) is 14.7 Å². The molecule has 2 aliphatic heterocycles. The van der Waals surface area contributed by atoms with Gasteiger partial charge < -0.3 is 19.8 Å². The first kappa shape index (κ1) is 24.1. The van der Waals surface area contributed by atoms with Crippen molar-refractivity contribution in [1.82, 2.24) is 24.9 Å². The number of alkyl halides is 3. The van der Waals surface area contributed by atoms with E-state index in [-0.39, 0.29) is 35.9 Å². The summed E-state index contributed by atoms with van der Waals surface area (Å²) in [5.74, 6) is -0.758. The molecule has 11 heteroatoms. The van der Waals surface area contributed by atoms with Crippen molar-refractivity contribution in [3.8, 4) is 5.75 Å². The smallest absolute Gasteiger partial charge is 0.389 e. The van der Waals surface area contributed by atoms with E-state index in [9.17, 15) is 27.9 Å². The van der Waals surface area contributed by atoms with Crippen LogP contribution in [0.2, 0.25) is 0 Å². The predicted molar refractivity (Wildman–Crippen MR) is 126 cm³/mol. The van der Waals surface area contributed by atoms with Crippen LogP contribution in [-0.2, 0) is 19.5 Å². The molecule has 0 bridgehead atoms. The number of hydrogen-bond acceptors (Lipinski definition) is 5. The highest BCUT2D eigenvalue weighted by Gasteiger charge is 2.30. The normalized spacial score (nSPS) is 16.6. The van der Waals surface area contributed by atoms with Gasteiger partial charge in [0.25, 0.3) is 11.8 Å². The van der Waals surface area contributed by atoms with E-state index < -0.39 is 18.5 Å². The van der Waals surface area contributed by atoms with Crippen molar-refractivity contribution in [1.29, 1.82) is 0 Å². The molecule has 3 heterocycles. The SMILES string of the molecule is CN1CCN(C(=O)c2ccc3c(c2)CN(C(=O)c2cc4c(CCC(F)(F)F)n[nH]c4cc2O)C3)CC1. The minimum Gasteiger partial charge on any atom is -0.507 e. The van der Waals surface area contributed by atoms with Gasteiger partial charge in [0.2, 0.25) is 0 Å². The molecule has 1 fully saturated rings. The molecule has 2 N–H and O–H groups in total.